The van der Waals surface area contributed by atoms with Gasteiger partial charge in [0.05, 0.1) is 10.4 Å². The van der Waals surface area contributed by atoms with Crippen molar-refractivity contribution in [1.82, 2.24) is 3.97 Å². The van der Waals surface area contributed by atoms with E-state index in [4.69, 9.17) is 0 Å². The second-order valence-electron chi connectivity index (χ2n) is 7.54. The highest BCUT2D eigenvalue weighted by Crippen LogP contribution is 2.33. The largest absolute Gasteiger partial charge is 0.268 e. The van der Waals surface area contributed by atoms with E-state index in [1.54, 1.807) is 12.1 Å². The summed E-state index contributed by atoms with van der Waals surface area (Å²) in [6.07, 6.45) is 3.69. The van der Waals surface area contributed by atoms with Gasteiger partial charge in [-0.2, -0.15) is 0 Å². The van der Waals surface area contributed by atoms with Crippen LogP contribution in [0.5, 0.6) is 0 Å². The Bertz CT molecular complexity index is 1360. The van der Waals surface area contributed by atoms with Crippen LogP contribution in [-0.4, -0.2) is 12.4 Å². The average molecular weight is 400 g/mol. The van der Waals surface area contributed by atoms with Crippen molar-refractivity contribution in [2.45, 2.75) is 24.7 Å². The van der Waals surface area contributed by atoms with E-state index in [-0.39, 0.29) is 0 Å². The molecule has 1 heterocycles. The molecule has 3 nitrogen and oxygen atoms in total. The van der Waals surface area contributed by atoms with E-state index in [0.29, 0.717) is 11.3 Å². The molecule has 0 unspecified atom stereocenters. The number of para-hydroxylation sites is 1. The quantitative estimate of drug-likeness (QED) is 0.463. The molecule has 1 aliphatic rings. The van der Waals surface area contributed by atoms with Crippen molar-refractivity contribution < 1.29 is 8.42 Å². The maximum Gasteiger partial charge on any atom is 0.268 e. The predicted molar refractivity (Wildman–Crippen MR) is 118 cm³/mol. The molecule has 4 aromatic rings. The molecular formula is C25H21NO2S. The molecule has 0 saturated carbocycles. The standard InChI is InChI=1S/C25H21NO2S/c1-18-10-14-23(15-11-18)29(27,28)26-22(17-21-7-3-5-9-25(21)26)16-20-13-12-19-6-2-4-8-24(19)20/h2-11,13-15,17H,12,16H2,1H3. The summed E-state index contributed by atoms with van der Waals surface area (Å²) in [7, 11) is -3.70. The molecule has 0 bridgehead atoms. The maximum absolute atomic E-state index is 13.6. The van der Waals surface area contributed by atoms with Gasteiger partial charge in [-0.25, -0.2) is 12.4 Å². The van der Waals surface area contributed by atoms with Crippen LogP contribution in [0.1, 0.15) is 22.4 Å². The van der Waals surface area contributed by atoms with Crippen LogP contribution in [-0.2, 0) is 22.9 Å². The Morgan fingerprint density at radius 3 is 2.45 bits per heavy atom. The van der Waals surface area contributed by atoms with E-state index in [2.05, 4.69) is 24.3 Å². The van der Waals surface area contributed by atoms with Gasteiger partial charge in [0.2, 0.25) is 0 Å². The summed E-state index contributed by atoms with van der Waals surface area (Å²) in [6, 6.07) is 25.1. The molecule has 5 rings (SSSR count). The number of aryl methyl sites for hydroxylation is 1. The summed E-state index contributed by atoms with van der Waals surface area (Å²) >= 11 is 0. The molecule has 3 aromatic carbocycles. The number of hydrogen-bond donors (Lipinski definition) is 0. The van der Waals surface area contributed by atoms with Gasteiger partial charge < -0.3 is 0 Å². The van der Waals surface area contributed by atoms with Gasteiger partial charge in [0, 0.05) is 17.5 Å². The molecule has 1 aliphatic carbocycles. The van der Waals surface area contributed by atoms with Gasteiger partial charge in [-0.15, -0.1) is 0 Å². The smallest absolute Gasteiger partial charge is 0.238 e. The molecule has 0 N–H and O–H groups in total. The zero-order valence-corrected chi connectivity index (χ0v) is 17.0. The first-order valence-corrected chi connectivity index (χ1v) is 11.2. The summed E-state index contributed by atoms with van der Waals surface area (Å²) in [5.74, 6) is 0. The summed E-state index contributed by atoms with van der Waals surface area (Å²) < 4.78 is 28.7. The van der Waals surface area contributed by atoms with Crippen molar-refractivity contribution in [1.29, 1.82) is 0 Å². The molecule has 29 heavy (non-hydrogen) atoms. The molecular weight excluding hydrogens is 378 g/mol. The molecule has 0 amide bonds. The van der Waals surface area contributed by atoms with E-state index < -0.39 is 10.0 Å². The fourth-order valence-corrected chi connectivity index (χ4v) is 5.67. The second kappa shape index (κ2) is 6.75. The fourth-order valence-electron chi connectivity index (χ4n) is 4.13. The van der Waals surface area contributed by atoms with Crippen molar-refractivity contribution in [3.8, 4) is 0 Å². The van der Waals surface area contributed by atoms with Crippen molar-refractivity contribution in [2.24, 2.45) is 0 Å². The van der Waals surface area contributed by atoms with Crippen LogP contribution in [0.3, 0.4) is 0 Å². The van der Waals surface area contributed by atoms with Crippen LogP contribution in [0.4, 0.5) is 0 Å². The molecule has 0 radical (unpaired) electrons. The van der Waals surface area contributed by atoms with Crippen molar-refractivity contribution >= 4 is 26.5 Å². The molecule has 0 fully saturated rings. The topological polar surface area (TPSA) is 39.1 Å². The van der Waals surface area contributed by atoms with E-state index in [1.165, 1.54) is 20.7 Å². The number of aromatic nitrogens is 1. The Kier molecular flexibility index (Phi) is 4.18. The highest BCUT2D eigenvalue weighted by molar-refractivity contribution is 7.90. The minimum absolute atomic E-state index is 0.312. The Labute approximate surface area is 171 Å². The molecule has 1 aromatic heterocycles. The van der Waals surface area contributed by atoms with Gasteiger partial charge in [-0.3, -0.25) is 0 Å². The summed E-state index contributed by atoms with van der Waals surface area (Å²) in [6.45, 7) is 1.96. The highest BCUT2D eigenvalue weighted by atomic mass is 32.2. The lowest BCUT2D eigenvalue weighted by molar-refractivity contribution is 0.587. The third-order valence-corrected chi connectivity index (χ3v) is 7.38. The number of benzene rings is 3. The monoisotopic (exact) mass is 399 g/mol. The van der Waals surface area contributed by atoms with Gasteiger partial charge in [0.25, 0.3) is 10.0 Å². The lowest BCUT2D eigenvalue weighted by Crippen LogP contribution is -2.16. The molecule has 0 atom stereocenters. The van der Waals surface area contributed by atoms with Gasteiger partial charge >= 0.3 is 0 Å². The summed E-state index contributed by atoms with van der Waals surface area (Å²) in [4.78, 5) is 0.312. The van der Waals surface area contributed by atoms with Crippen molar-refractivity contribution in [2.75, 3.05) is 0 Å². The number of nitrogens with zero attached hydrogens (tertiary/aromatic N) is 1. The van der Waals surface area contributed by atoms with Crippen LogP contribution >= 0.6 is 0 Å². The van der Waals surface area contributed by atoms with Crippen LogP contribution in [0.25, 0.3) is 16.5 Å². The maximum atomic E-state index is 13.6. The van der Waals surface area contributed by atoms with Gasteiger partial charge in [-0.1, -0.05) is 66.2 Å². The zero-order valence-electron chi connectivity index (χ0n) is 16.2. The Balaban J connectivity index is 1.67. The van der Waals surface area contributed by atoms with Crippen LogP contribution in [0.15, 0.2) is 89.8 Å². The Hall–Kier alpha value is -3.11. The Morgan fingerprint density at radius 1 is 0.897 bits per heavy atom. The third kappa shape index (κ3) is 3.00. The first-order chi connectivity index (χ1) is 14.0. The van der Waals surface area contributed by atoms with E-state index >= 15 is 0 Å². The Morgan fingerprint density at radius 2 is 1.62 bits per heavy atom. The summed E-state index contributed by atoms with van der Waals surface area (Å²) in [5, 5.41) is 0.935. The van der Waals surface area contributed by atoms with Gasteiger partial charge in [0.15, 0.2) is 0 Å². The first kappa shape index (κ1) is 18.0. The van der Waals surface area contributed by atoms with Crippen LogP contribution in [0, 0.1) is 6.92 Å². The number of rotatable bonds is 4. The second-order valence-corrected chi connectivity index (χ2v) is 9.33. The van der Waals surface area contributed by atoms with Gasteiger partial charge in [0.1, 0.15) is 0 Å². The average Bonchev–Trinajstić information content (AvgIpc) is 3.30. The van der Waals surface area contributed by atoms with Crippen LogP contribution in [0.2, 0.25) is 0 Å². The van der Waals surface area contributed by atoms with E-state index in [1.807, 2.05) is 55.5 Å². The SMILES string of the molecule is Cc1ccc(S(=O)(=O)n2c(CC3=CCc4ccccc43)cc3ccccc32)cc1. The number of allylic oxidation sites excluding steroid dienone is 2. The lowest BCUT2D eigenvalue weighted by atomic mass is 10.0. The van der Waals surface area contributed by atoms with Gasteiger partial charge in [-0.05, 0) is 54.3 Å². The fraction of sp³-hybridized carbons (Fsp3) is 0.120. The van der Waals surface area contributed by atoms with Crippen molar-refractivity contribution in [3.63, 3.8) is 0 Å². The minimum atomic E-state index is -3.70. The lowest BCUT2D eigenvalue weighted by Gasteiger charge is -2.13. The highest BCUT2D eigenvalue weighted by Gasteiger charge is 2.24. The normalized spacial score (nSPS) is 13.5. The molecule has 4 heteroatoms. The van der Waals surface area contributed by atoms with Crippen molar-refractivity contribution in [3.05, 3.63) is 107 Å². The first-order valence-electron chi connectivity index (χ1n) is 9.73. The number of fused-ring (bicyclic) bond motifs is 2. The molecule has 0 spiro atoms. The van der Waals surface area contributed by atoms with E-state index in [0.717, 1.165) is 28.6 Å². The molecule has 144 valence electrons. The van der Waals surface area contributed by atoms with E-state index in [9.17, 15) is 8.42 Å². The zero-order chi connectivity index (χ0) is 20.0. The third-order valence-electron chi connectivity index (χ3n) is 5.60. The molecule has 0 aliphatic heterocycles. The van der Waals surface area contributed by atoms with Crippen LogP contribution < -0.4 is 0 Å². The molecule has 0 saturated heterocycles. The number of hydrogen-bond acceptors (Lipinski definition) is 2. The minimum Gasteiger partial charge on any atom is -0.238 e. The predicted octanol–water partition coefficient (Wildman–Crippen LogP) is 5.37. The summed E-state index contributed by atoms with van der Waals surface area (Å²) in [5.41, 5.74) is 6.24.